The molecule has 0 aromatic carbocycles. The van der Waals surface area contributed by atoms with E-state index >= 15 is 0 Å². The summed E-state index contributed by atoms with van der Waals surface area (Å²) in [6.07, 6.45) is 5.17. The Morgan fingerprint density at radius 2 is 1.93 bits per heavy atom. The molecule has 0 spiro atoms. The average Bonchev–Trinajstić information content (AvgIpc) is 2.26. The summed E-state index contributed by atoms with van der Waals surface area (Å²) >= 11 is 1.88. The van der Waals surface area contributed by atoms with Crippen molar-refractivity contribution in [2.75, 3.05) is 12.9 Å². The molecule has 0 bridgehead atoms. The van der Waals surface area contributed by atoms with Crippen LogP contribution >= 0.6 is 11.8 Å². The number of esters is 1. The Morgan fingerprint density at radius 1 is 1.27 bits per heavy atom. The van der Waals surface area contributed by atoms with Gasteiger partial charge in [-0.3, -0.25) is 4.79 Å². The highest BCUT2D eigenvalue weighted by atomic mass is 32.2. The largest absolute Gasteiger partial charge is 0.469 e. The Balaban J connectivity index is 3.55. The maximum absolute atomic E-state index is 11.3. The Labute approximate surface area is 98.2 Å². The van der Waals surface area contributed by atoms with Crippen molar-refractivity contribution >= 4 is 17.7 Å². The number of carbonyl (C=O) groups excluding carboxylic acids is 1. The molecule has 0 aliphatic rings. The van der Waals surface area contributed by atoms with Crippen LogP contribution in [-0.2, 0) is 9.53 Å². The second-order valence-electron chi connectivity index (χ2n) is 3.95. The highest BCUT2D eigenvalue weighted by molar-refractivity contribution is 7.99. The zero-order chi connectivity index (χ0) is 11.7. The lowest BCUT2D eigenvalue weighted by Gasteiger charge is -2.16. The van der Waals surface area contributed by atoms with Crippen LogP contribution in [0.3, 0.4) is 0 Å². The van der Waals surface area contributed by atoms with Crippen LogP contribution in [-0.4, -0.2) is 24.1 Å². The zero-order valence-corrected chi connectivity index (χ0v) is 11.2. The van der Waals surface area contributed by atoms with Gasteiger partial charge in [0.15, 0.2) is 0 Å². The fourth-order valence-corrected chi connectivity index (χ4v) is 2.46. The van der Waals surface area contributed by atoms with Gasteiger partial charge in [-0.25, -0.2) is 0 Å². The smallest absolute Gasteiger partial charge is 0.309 e. The quantitative estimate of drug-likeness (QED) is 0.473. The monoisotopic (exact) mass is 232 g/mol. The first-order chi connectivity index (χ1) is 7.13. The van der Waals surface area contributed by atoms with Gasteiger partial charge in [0.2, 0.25) is 0 Å². The van der Waals surface area contributed by atoms with Gasteiger partial charge in [0, 0.05) is 5.25 Å². The number of hydrogen-bond donors (Lipinski definition) is 0. The van der Waals surface area contributed by atoms with Crippen LogP contribution in [0, 0.1) is 5.92 Å². The SMILES string of the molecule is CCCCCCSC(C)C(C)C(=O)OC. The molecule has 15 heavy (non-hydrogen) atoms. The van der Waals surface area contributed by atoms with E-state index in [4.69, 9.17) is 4.74 Å². The summed E-state index contributed by atoms with van der Waals surface area (Å²) in [4.78, 5) is 11.3. The molecule has 2 nitrogen and oxygen atoms in total. The van der Waals surface area contributed by atoms with Crippen LogP contribution in [0.25, 0.3) is 0 Å². The topological polar surface area (TPSA) is 26.3 Å². The summed E-state index contributed by atoms with van der Waals surface area (Å²) in [7, 11) is 1.46. The van der Waals surface area contributed by atoms with Gasteiger partial charge in [0.05, 0.1) is 13.0 Å². The molecule has 0 aliphatic heterocycles. The van der Waals surface area contributed by atoms with Crippen molar-refractivity contribution in [1.29, 1.82) is 0 Å². The molecule has 2 atom stereocenters. The highest BCUT2D eigenvalue weighted by Crippen LogP contribution is 2.21. The molecule has 90 valence electrons. The standard InChI is InChI=1S/C12H24O2S/c1-5-6-7-8-9-15-11(3)10(2)12(13)14-4/h10-11H,5-9H2,1-4H3. The molecule has 0 amide bonds. The number of ether oxygens (including phenoxy) is 1. The van der Waals surface area contributed by atoms with Crippen LogP contribution in [0.4, 0.5) is 0 Å². The van der Waals surface area contributed by atoms with Crippen molar-refractivity contribution in [3.8, 4) is 0 Å². The lowest BCUT2D eigenvalue weighted by molar-refractivity contribution is -0.144. The molecule has 0 aliphatic carbocycles. The molecule has 0 rings (SSSR count). The highest BCUT2D eigenvalue weighted by Gasteiger charge is 2.20. The van der Waals surface area contributed by atoms with Gasteiger partial charge in [-0.1, -0.05) is 40.0 Å². The maximum atomic E-state index is 11.3. The van der Waals surface area contributed by atoms with E-state index < -0.39 is 0 Å². The summed E-state index contributed by atoms with van der Waals surface area (Å²) in [6, 6.07) is 0. The summed E-state index contributed by atoms with van der Waals surface area (Å²) < 4.78 is 4.73. The van der Waals surface area contributed by atoms with Crippen LogP contribution in [0.15, 0.2) is 0 Å². The minimum atomic E-state index is -0.0939. The summed E-state index contributed by atoms with van der Waals surface area (Å²) in [5.74, 6) is 1.07. The van der Waals surface area contributed by atoms with Crippen LogP contribution in [0.2, 0.25) is 0 Å². The first-order valence-electron chi connectivity index (χ1n) is 5.82. The van der Waals surface area contributed by atoms with E-state index in [0.717, 1.165) is 5.75 Å². The van der Waals surface area contributed by atoms with Gasteiger partial charge in [0.1, 0.15) is 0 Å². The van der Waals surface area contributed by atoms with Gasteiger partial charge < -0.3 is 4.74 Å². The van der Waals surface area contributed by atoms with E-state index in [-0.39, 0.29) is 11.9 Å². The van der Waals surface area contributed by atoms with Crippen molar-refractivity contribution in [2.45, 2.75) is 51.7 Å². The average molecular weight is 232 g/mol. The number of hydrogen-bond acceptors (Lipinski definition) is 3. The van der Waals surface area contributed by atoms with E-state index in [9.17, 15) is 4.79 Å². The molecule has 2 unspecified atom stereocenters. The second kappa shape index (κ2) is 9.08. The third kappa shape index (κ3) is 6.82. The third-order valence-corrected chi connectivity index (χ3v) is 4.11. The number of unbranched alkanes of at least 4 members (excludes halogenated alkanes) is 3. The lowest BCUT2D eigenvalue weighted by atomic mass is 10.1. The Bertz CT molecular complexity index is 171. The number of thioether (sulfide) groups is 1. The zero-order valence-electron chi connectivity index (χ0n) is 10.4. The molecule has 0 aromatic heterocycles. The lowest BCUT2D eigenvalue weighted by Crippen LogP contribution is -2.22. The molecule has 0 aromatic rings. The van der Waals surface area contributed by atoms with Gasteiger partial charge >= 0.3 is 5.97 Å². The summed E-state index contributed by atoms with van der Waals surface area (Å²) in [6.45, 7) is 6.26. The van der Waals surface area contributed by atoms with Crippen molar-refractivity contribution in [3.05, 3.63) is 0 Å². The summed E-state index contributed by atoms with van der Waals surface area (Å²) in [5.41, 5.74) is 0. The predicted molar refractivity (Wildman–Crippen MR) is 67.2 cm³/mol. The normalized spacial score (nSPS) is 14.7. The van der Waals surface area contributed by atoms with Gasteiger partial charge in [-0.2, -0.15) is 11.8 Å². The molecule has 0 heterocycles. The first kappa shape index (κ1) is 14.8. The molecule has 0 fully saturated rings. The predicted octanol–water partition coefficient (Wildman–Crippen LogP) is 3.50. The van der Waals surface area contributed by atoms with Crippen LogP contribution < -0.4 is 0 Å². The Kier molecular flexibility index (Phi) is 8.97. The second-order valence-corrected chi connectivity index (χ2v) is 5.43. The maximum Gasteiger partial charge on any atom is 0.309 e. The summed E-state index contributed by atoms with van der Waals surface area (Å²) in [5, 5.41) is 0.360. The van der Waals surface area contributed by atoms with Crippen molar-refractivity contribution < 1.29 is 9.53 Å². The van der Waals surface area contributed by atoms with Crippen LogP contribution in [0.5, 0.6) is 0 Å². The molecule has 0 saturated carbocycles. The van der Waals surface area contributed by atoms with E-state index in [1.54, 1.807) is 0 Å². The molecule has 0 radical (unpaired) electrons. The number of methoxy groups -OCH3 is 1. The third-order valence-electron chi connectivity index (χ3n) is 2.66. The molecule has 0 N–H and O–H groups in total. The first-order valence-corrected chi connectivity index (χ1v) is 6.87. The fraction of sp³-hybridized carbons (Fsp3) is 0.917. The molecular formula is C12H24O2S. The van der Waals surface area contributed by atoms with E-state index in [2.05, 4.69) is 13.8 Å². The Morgan fingerprint density at radius 3 is 2.47 bits per heavy atom. The molecule has 3 heteroatoms. The number of rotatable bonds is 8. The van der Waals surface area contributed by atoms with Crippen molar-refractivity contribution in [3.63, 3.8) is 0 Å². The van der Waals surface area contributed by atoms with Crippen molar-refractivity contribution in [2.24, 2.45) is 5.92 Å². The molecule has 0 saturated heterocycles. The van der Waals surface area contributed by atoms with E-state index in [1.807, 2.05) is 18.7 Å². The van der Waals surface area contributed by atoms with Crippen LogP contribution in [0.1, 0.15) is 46.5 Å². The number of carbonyl (C=O) groups is 1. The molecular weight excluding hydrogens is 208 g/mol. The minimum Gasteiger partial charge on any atom is -0.469 e. The van der Waals surface area contributed by atoms with E-state index in [0.29, 0.717) is 5.25 Å². The van der Waals surface area contributed by atoms with Gasteiger partial charge in [-0.15, -0.1) is 0 Å². The Hall–Kier alpha value is -0.180. The van der Waals surface area contributed by atoms with Gasteiger partial charge in [0.25, 0.3) is 0 Å². The minimum absolute atomic E-state index is 0.00572. The van der Waals surface area contributed by atoms with E-state index in [1.165, 1.54) is 32.8 Å². The van der Waals surface area contributed by atoms with Crippen molar-refractivity contribution in [1.82, 2.24) is 0 Å². The fourth-order valence-electron chi connectivity index (χ4n) is 1.32. The van der Waals surface area contributed by atoms with Gasteiger partial charge in [-0.05, 0) is 12.2 Å².